The van der Waals surface area contributed by atoms with Gasteiger partial charge in [0.05, 0.1) is 66.4 Å². The van der Waals surface area contributed by atoms with Crippen LogP contribution in [0.3, 0.4) is 0 Å². The Morgan fingerprint density at radius 2 is 0.729 bits per heavy atom. The van der Waals surface area contributed by atoms with E-state index in [0.717, 1.165) is 66.1 Å². The average Bonchev–Trinajstić information content (AvgIpc) is 4.38. The maximum atomic E-state index is 9.53. The fraction of sp³-hybridized carbons (Fsp3) is 0. The van der Waals surface area contributed by atoms with E-state index in [0.29, 0.717) is 38.1 Å². The van der Waals surface area contributed by atoms with E-state index in [2.05, 4.69) is 94.1 Å². The minimum Gasteiger partial charge on any atom is -0.309 e. The zero-order valence-electron chi connectivity index (χ0n) is 45.0. The van der Waals surface area contributed by atoms with Gasteiger partial charge in [-0.3, -0.25) is 9.13 Å². The lowest BCUT2D eigenvalue weighted by molar-refractivity contribution is 0.892. The molecular formula is C63H39N7. The van der Waals surface area contributed by atoms with E-state index >= 15 is 0 Å². The Hall–Kier alpha value is -9.59. The minimum atomic E-state index is -0.425. The van der Waals surface area contributed by atoms with Crippen LogP contribution in [0.5, 0.6) is 0 Å². The molecule has 0 aliphatic carbocycles. The summed E-state index contributed by atoms with van der Waals surface area (Å²) in [6.45, 7) is 0. The molecule has 0 N–H and O–H groups in total. The third-order valence-corrected chi connectivity index (χ3v) is 13.7. The summed E-state index contributed by atoms with van der Waals surface area (Å²) < 4.78 is 81.1. The zero-order valence-corrected chi connectivity index (χ0v) is 37.0. The van der Waals surface area contributed by atoms with E-state index < -0.39 is 12.1 Å². The van der Waals surface area contributed by atoms with Gasteiger partial charge in [0.1, 0.15) is 0 Å². The van der Waals surface area contributed by atoms with Crippen LogP contribution in [-0.2, 0) is 0 Å². The van der Waals surface area contributed by atoms with Gasteiger partial charge < -0.3 is 9.13 Å². The zero-order chi connectivity index (χ0) is 52.8. The topological polar surface area (TPSA) is 58.4 Å². The van der Waals surface area contributed by atoms with Crippen molar-refractivity contribution in [1.29, 1.82) is 0 Å². The second-order valence-corrected chi connectivity index (χ2v) is 17.4. The van der Waals surface area contributed by atoms with E-state index in [1.165, 1.54) is 0 Å². The molecule has 15 rings (SSSR count). The Morgan fingerprint density at radius 1 is 0.300 bits per heavy atom. The Labute approximate surface area is 412 Å². The van der Waals surface area contributed by atoms with Gasteiger partial charge in [0, 0.05) is 48.8 Å². The first-order valence-corrected chi connectivity index (χ1v) is 23.1. The molecule has 0 spiro atoms. The normalized spacial score (nSPS) is 13.6. The second kappa shape index (κ2) is 15.0. The molecule has 0 bridgehead atoms. The Balaban J connectivity index is 1.16. The first-order valence-electron chi connectivity index (χ1n) is 27.1. The summed E-state index contributed by atoms with van der Waals surface area (Å²) in [5.74, 6) is 0.213. The maximum Gasteiger partial charge on any atom is 0.240 e. The average molecular weight is 902 g/mol. The molecule has 15 aromatic rings. The largest absolute Gasteiger partial charge is 0.309 e. The van der Waals surface area contributed by atoms with E-state index in [-0.39, 0.29) is 65.0 Å². The Morgan fingerprint density at radius 3 is 1.30 bits per heavy atom. The lowest BCUT2D eigenvalue weighted by Gasteiger charge is -2.19. The number of benzene rings is 10. The van der Waals surface area contributed by atoms with Crippen LogP contribution in [0.2, 0.25) is 0 Å². The number of hydrogen-bond donors (Lipinski definition) is 0. The molecule has 0 aliphatic rings. The van der Waals surface area contributed by atoms with Crippen LogP contribution < -0.4 is 0 Å². The summed E-state index contributed by atoms with van der Waals surface area (Å²) in [5, 5.41) is 5.78. The van der Waals surface area contributed by atoms with Gasteiger partial charge in [0.15, 0.2) is 5.82 Å². The number of rotatable bonds is 6. The predicted octanol–water partition coefficient (Wildman–Crippen LogP) is 15.6. The van der Waals surface area contributed by atoms with Gasteiger partial charge in [-0.2, -0.15) is 15.0 Å². The van der Waals surface area contributed by atoms with Crippen molar-refractivity contribution in [2.24, 2.45) is 0 Å². The quantitative estimate of drug-likeness (QED) is 0.167. The maximum absolute atomic E-state index is 9.53. The Kier molecular flexibility index (Phi) is 6.71. The highest BCUT2D eigenvalue weighted by Gasteiger charge is 2.27. The number of para-hydroxylation sites is 8. The van der Waals surface area contributed by atoms with Crippen LogP contribution in [-0.4, -0.2) is 33.2 Å². The van der Waals surface area contributed by atoms with Gasteiger partial charge in [0.25, 0.3) is 0 Å². The van der Waals surface area contributed by atoms with Crippen molar-refractivity contribution >= 4 is 87.2 Å². The van der Waals surface area contributed by atoms with Crippen LogP contribution in [0.25, 0.3) is 133 Å². The van der Waals surface area contributed by atoms with Crippen LogP contribution in [0.1, 0.15) is 11.0 Å². The number of hydrogen-bond acceptors (Lipinski definition) is 3. The second-order valence-electron chi connectivity index (χ2n) is 17.4. The summed E-state index contributed by atoms with van der Waals surface area (Å²) in [6, 6.07) is 59.7. The standard InChI is InChI=1S/C63H39N7/c1-2-20-40(21-3-1)67-56-37-17-10-28-49(56)59-47(29-18-38-57(59)67)48-30-19-39-58(68-50-31-11-4-22-41(50)42-23-5-12-32-51(42)68)60(48)61-64-62(69-52-33-13-6-24-43(52)44-25-7-14-34-53(44)69)66-63(65-61)70-54-35-15-8-26-45(54)46-27-9-16-36-55(46)70/h1-39H/i6D,8D,13D,15D,24D,26D,33D,35D. The van der Waals surface area contributed by atoms with Crippen LogP contribution in [0, 0.1) is 0 Å². The molecule has 10 aromatic carbocycles. The number of aromatic nitrogens is 7. The molecule has 7 heteroatoms. The van der Waals surface area contributed by atoms with Gasteiger partial charge in [-0.1, -0.05) is 170 Å². The highest BCUT2D eigenvalue weighted by Crippen LogP contribution is 2.45. The van der Waals surface area contributed by atoms with E-state index in [4.69, 9.17) is 20.4 Å². The molecule has 0 radical (unpaired) electrons. The van der Waals surface area contributed by atoms with Crippen molar-refractivity contribution in [2.45, 2.75) is 0 Å². The van der Waals surface area contributed by atoms with Gasteiger partial charge in [-0.05, 0) is 77.8 Å². The van der Waals surface area contributed by atoms with Crippen molar-refractivity contribution in [3.8, 4) is 45.8 Å². The fourth-order valence-electron chi connectivity index (χ4n) is 10.9. The van der Waals surface area contributed by atoms with Crippen molar-refractivity contribution in [3.63, 3.8) is 0 Å². The first-order chi connectivity index (χ1) is 38.1. The van der Waals surface area contributed by atoms with Crippen molar-refractivity contribution < 1.29 is 11.0 Å². The van der Waals surface area contributed by atoms with Crippen molar-refractivity contribution in [1.82, 2.24) is 33.2 Å². The monoisotopic (exact) mass is 901 g/mol. The molecule has 5 aromatic heterocycles. The van der Waals surface area contributed by atoms with Gasteiger partial charge in [-0.25, -0.2) is 0 Å². The summed E-state index contributed by atoms with van der Waals surface area (Å²) in [5.41, 5.74) is 9.18. The van der Waals surface area contributed by atoms with Crippen molar-refractivity contribution in [3.05, 3.63) is 236 Å². The molecule has 0 unspecified atom stereocenters. The van der Waals surface area contributed by atoms with Crippen LogP contribution in [0.4, 0.5) is 0 Å². The SMILES string of the molecule is [2H]c1c([2H])c([2H])c2c(c1[2H])c1ccccc1n2-c1nc(-c2c(-c3cccc4c3c3ccccc3n4-c3ccccc3)cccc2-n2c3ccccc3c3ccccc32)nc(-n2c3ccccc3c3c([2H])c([2H])c([2H])c([2H])c32)n1. The minimum absolute atomic E-state index is 0.0138. The van der Waals surface area contributed by atoms with Gasteiger partial charge >= 0.3 is 0 Å². The molecule has 7 nitrogen and oxygen atoms in total. The van der Waals surface area contributed by atoms with E-state index in [1.54, 1.807) is 9.13 Å². The third-order valence-electron chi connectivity index (χ3n) is 13.7. The smallest absolute Gasteiger partial charge is 0.240 e. The van der Waals surface area contributed by atoms with Gasteiger partial charge in [-0.15, -0.1) is 0 Å². The summed E-state index contributed by atoms with van der Waals surface area (Å²) in [7, 11) is 0. The molecule has 0 aliphatic heterocycles. The molecule has 0 amide bonds. The lowest BCUT2D eigenvalue weighted by atomic mass is 9.93. The van der Waals surface area contributed by atoms with Crippen molar-refractivity contribution in [2.75, 3.05) is 0 Å². The van der Waals surface area contributed by atoms with Crippen LogP contribution >= 0.6 is 0 Å². The van der Waals surface area contributed by atoms with Gasteiger partial charge in [0.2, 0.25) is 11.9 Å². The third kappa shape index (κ3) is 5.48. The highest BCUT2D eigenvalue weighted by atomic mass is 15.3. The molecule has 326 valence electrons. The molecular weight excluding hydrogens is 855 g/mol. The molecule has 0 saturated heterocycles. The first kappa shape index (κ1) is 31.4. The Bertz CT molecular complexity index is 4890. The highest BCUT2D eigenvalue weighted by molar-refractivity contribution is 6.18. The molecule has 5 heterocycles. The van der Waals surface area contributed by atoms with E-state index in [1.807, 2.05) is 103 Å². The molecule has 0 atom stereocenters. The fourth-order valence-corrected chi connectivity index (χ4v) is 10.9. The molecule has 0 fully saturated rings. The van der Waals surface area contributed by atoms with Crippen LogP contribution in [0.15, 0.2) is 236 Å². The summed E-state index contributed by atoms with van der Waals surface area (Å²) in [6.07, 6.45) is 0. The number of fused-ring (bicyclic) bond motifs is 12. The molecule has 70 heavy (non-hydrogen) atoms. The summed E-state index contributed by atoms with van der Waals surface area (Å²) >= 11 is 0. The summed E-state index contributed by atoms with van der Waals surface area (Å²) in [4.78, 5) is 16.4. The molecule has 0 saturated carbocycles. The lowest BCUT2D eigenvalue weighted by Crippen LogP contribution is -2.11. The van der Waals surface area contributed by atoms with E-state index in [9.17, 15) is 5.48 Å². The predicted molar refractivity (Wildman–Crippen MR) is 288 cm³/mol. The number of nitrogens with zero attached hydrogens (tertiary/aromatic N) is 7.